The van der Waals surface area contributed by atoms with Crippen LogP contribution >= 0.6 is 0 Å². The highest BCUT2D eigenvalue weighted by Gasteiger charge is 2.21. The Morgan fingerprint density at radius 2 is 1.96 bits per heavy atom. The third-order valence-electron chi connectivity index (χ3n) is 4.75. The molecule has 1 aliphatic heterocycles. The first-order valence-electron chi connectivity index (χ1n) is 9.86. The number of benzene rings is 1. The molecule has 1 aromatic carbocycles. The Kier molecular flexibility index (Phi) is 8.91. The lowest BCUT2D eigenvalue weighted by Gasteiger charge is -2.32. The predicted octanol–water partition coefficient (Wildman–Crippen LogP) is 1.09. The van der Waals surface area contributed by atoms with Crippen molar-refractivity contribution in [2.24, 2.45) is 4.99 Å². The van der Waals surface area contributed by atoms with E-state index in [1.807, 2.05) is 12.1 Å². The van der Waals surface area contributed by atoms with E-state index in [1.165, 1.54) is 5.56 Å². The average Bonchev–Trinajstić information content (AvgIpc) is 2.68. The first kappa shape index (κ1) is 21.0. The van der Waals surface area contributed by atoms with Gasteiger partial charge in [-0.3, -0.25) is 14.7 Å². The van der Waals surface area contributed by atoms with Gasteiger partial charge in [0.05, 0.1) is 6.54 Å². The molecule has 150 valence electrons. The number of rotatable bonds is 8. The zero-order valence-electron chi connectivity index (χ0n) is 16.5. The first-order valence-corrected chi connectivity index (χ1v) is 9.86. The van der Waals surface area contributed by atoms with Crippen LogP contribution < -0.4 is 16.0 Å². The number of aryl methyl sites for hydroxylation is 1. The first-order chi connectivity index (χ1) is 13.1. The molecule has 1 amide bonds. The second-order valence-corrected chi connectivity index (χ2v) is 6.90. The molecule has 7 heteroatoms. The summed E-state index contributed by atoms with van der Waals surface area (Å²) in [6.45, 7) is 5.98. The number of hydrogen-bond acceptors (Lipinski definition) is 4. The third-order valence-corrected chi connectivity index (χ3v) is 4.75. The lowest BCUT2D eigenvalue weighted by Crippen LogP contribution is -2.50. The Morgan fingerprint density at radius 1 is 1.26 bits per heavy atom. The minimum atomic E-state index is 0.0740. The van der Waals surface area contributed by atoms with E-state index in [9.17, 15) is 9.90 Å². The summed E-state index contributed by atoms with van der Waals surface area (Å²) in [5.74, 6) is 1.25. The Labute approximate surface area is 162 Å². The van der Waals surface area contributed by atoms with Crippen LogP contribution in [0.4, 0.5) is 0 Å². The van der Waals surface area contributed by atoms with Crippen molar-refractivity contribution in [1.82, 2.24) is 20.9 Å². The Hall–Kier alpha value is -2.28. The lowest BCUT2D eigenvalue weighted by molar-refractivity contribution is -0.122. The van der Waals surface area contributed by atoms with Gasteiger partial charge in [0, 0.05) is 39.3 Å². The molecule has 27 heavy (non-hydrogen) atoms. The number of aliphatic imine (C=N–C) groups is 1. The molecule has 0 radical (unpaired) electrons. The van der Waals surface area contributed by atoms with Gasteiger partial charge in [-0.2, -0.15) is 0 Å². The average molecular weight is 376 g/mol. The maximum atomic E-state index is 11.5. The number of phenolic OH excluding ortho intramolecular Hbond substituents is 1. The fourth-order valence-corrected chi connectivity index (χ4v) is 3.17. The summed E-state index contributed by atoms with van der Waals surface area (Å²) >= 11 is 0. The second kappa shape index (κ2) is 11.4. The van der Waals surface area contributed by atoms with Crippen LogP contribution in [0.15, 0.2) is 29.3 Å². The number of nitrogens with zero attached hydrogens (tertiary/aromatic N) is 2. The predicted molar refractivity (Wildman–Crippen MR) is 109 cm³/mol. The molecule has 1 saturated heterocycles. The molecular formula is C20H33N5O2. The van der Waals surface area contributed by atoms with Gasteiger partial charge in [0.1, 0.15) is 5.75 Å². The number of carbonyl (C=O) groups excluding carboxylic acids is 1. The van der Waals surface area contributed by atoms with Crippen LogP contribution in [0.3, 0.4) is 0 Å². The summed E-state index contributed by atoms with van der Waals surface area (Å²) in [5.41, 5.74) is 1.21. The quantitative estimate of drug-likeness (QED) is 0.310. The smallest absolute Gasteiger partial charge is 0.233 e. The molecule has 0 spiro atoms. The van der Waals surface area contributed by atoms with Gasteiger partial charge in [-0.1, -0.05) is 12.1 Å². The number of guanidine groups is 1. The Balaban J connectivity index is 1.73. The van der Waals surface area contributed by atoms with Crippen LogP contribution in [-0.4, -0.2) is 67.7 Å². The van der Waals surface area contributed by atoms with Crippen molar-refractivity contribution >= 4 is 11.9 Å². The van der Waals surface area contributed by atoms with E-state index < -0.39 is 0 Å². The largest absolute Gasteiger partial charge is 0.508 e. The second-order valence-electron chi connectivity index (χ2n) is 6.90. The van der Waals surface area contributed by atoms with Gasteiger partial charge in [0.25, 0.3) is 0 Å². The zero-order chi connectivity index (χ0) is 19.5. The van der Waals surface area contributed by atoms with E-state index in [-0.39, 0.29) is 5.91 Å². The lowest BCUT2D eigenvalue weighted by atomic mass is 10.1. The molecule has 0 unspecified atom stereocenters. The molecule has 7 nitrogen and oxygen atoms in total. The van der Waals surface area contributed by atoms with Crippen molar-refractivity contribution in [3.63, 3.8) is 0 Å². The highest BCUT2D eigenvalue weighted by molar-refractivity contribution is 5.80. The molecule has 0 bridgehead atoms. The maximum absolute atomic E-state index is 11.5. The van der Waals surface area contributed by atoms with E-state index in [4.69, 9.17) is 0 Å². The Bertz CT molecular complexity index is 595. The number of piperidine rings is 1. The van der Waals surface area contributed by atoms with Crippen LogP contribution in [0.2, 0.25) is 0 Å². The van der Waals surface area contributed by atoms with Gasteiger partial charge in [-0.15, -0.1) is 0 Å². The van der Waals surface area contributed by atoms with Crippen LogP contribution in [0.1, 0.15) is 31.7 Å². The number of likely N-dealkylation sites (N-methyl/N-ethyl adjacent to an activating group) is 1. The molecule has 2 rings (SSSR count). The van der Waals surface area contributed by atoms with Gasteiger partial charge < -0.3 is 21.1 Å². The topological polar surface area (TPSA) is 89.0 Å². The van der Waals surface area contributed by atoms with E-state index >= 15 is 0 Å². The highest BCUT2D eigenvalue weighted by Crippen LogP contribution is 2.11. The molecular weight excluding hydrogens is 342 g/mol. The summed E-state index contributed by atoms with van der Waals surface area (Å²) in [7, 11) is 1.68. The number of nitrogens with one attached hydrogen (secondary N) is 3. The zero-order valence-corrected chi connectivity index (χ0v) is 16.5. The van der Waals surface area contributed by atoms with Crippen molar-refractivity contribution in [2.75, 3.05) is 39.8 Å². The molecule has 0 aromatic heterocycles. The number of hydrogen-bond donors (Lipinski definition) is 4. The normalized spacial score (nSPS) is 16.1. The van der Waals surface area contributed by atoms with Crippen LogP contribution in [-0.2, 0) is 11.2 Å². The minimum Gasteiger partial charge on any atom is -0.508 e. The molecule has 1 aliphatic rings. The maximum Gasteiger partial charge on any atom is 0.233 e. The number of phenols is 1. The van der Waals surface area contributed by atoms with Crippen molar-refractivity contribution in [1.29, 1.82) is 0 Å². The fourth-order valence-electron chi connectivity index (χ4n) is 3.17. The van der Waals surface area contributed by atoms with E-state index in [0.717, 1.165) is 57.8 Å². The van der Waals surface area contributed by atoms with Crippen LogP contribution in [0, 0.1) is 0 Å². The number of carbonyl (C=O) groups is 1. The monoisotopic (exact) mass is 375 g/mol. The van der Waals surface area contributed by atoms with E-state index in [2.05, 4.69) is 32.8 Å². The van der Waals surface area contributed by atoms with Crippen molar-refractivity contribution in [2.45, 2.75) is 38.6 Å². The fraction of sp³-hybridized carbons (Fsp3) is 0.600. The van der Waals surface area contributed by atoms with Gasteiger partial charge >= 0.3 is 0 Å². The summed E-state index contributed by atoms with van der Waals surface area (Å²) in [5, 5.41) is 18.9. The molecule has 1 fully saturated rings. The summed E-state index contributed by atoms with van der Waals surface area (Å²) < 4.78 is 0. The van der Waals surface area contributed by atoms with Crippen molar-refractivity contribution < 1.29 is 9.90 Å². The molecule has 0 atom stereocenters. The van der Waals surface area contributed by atoms with Gasteiger partial charge in [0.15, 0.2) is 5.96 Å². The molecule has 0 saturated carbocycles. The van der Waals surface area contributed by atoms with Crippen LogP contribution in [0.5, 0.6) is 5.75 Å². The SMILES string of the molecule is CCNC(=NCCCc1ccc(O)cc1)NC1CCN(CC(=O)NC)CC1. The van der Waals surface area contributed by atoms with Crippen molar-refractivity contribution in [3.8, 4) is 5.75 Å². The summed E-state index contributed by atoms with van der Waals surface area (Å²) in [6.07, 6.45) is 3.93. The van der Waals surface area contributed by atoms with Gasteiger partial charge in [-0.25, -0.2) is 0 Å². The molecule has 1 heterocycles. The molecule has 1 aromatic rings. The third kappa shape index (κ3) is 7.86. The molecule has 0 aliphatic carbocycles. The number of aromatic hydroxyl groups is 1. The summed E-state index contributed by atoms with van der Waals surface area (Å²) in [6, 6.07) is 7.74. The Morgan fingerprint density at radius 3 is 2.59 bits per heavy atom. The number of likely N-dealkylation sites (tertiary alicyclic amines) is 1. The van der Waals surface area contributed by atoms with Crippen molar-refractivity contribution in [3.05, 3.63) is 29.8 Å². The standard InChI is InChI=1S/C20H33N5O2/c1-3-22-20(23-12-4-5-16-6-8-18(26)9-7-16)24-17-10-13-25(14-11-17)15-19(27)21-2/h6-9,17,26H,3-5,10-15H2,1-2H3,(H,21,27)(H2,22,23,24). The summed E-state index contributed by atoms with van der Waals surface area (Å²) in [4.78, 5) is 18.4. The van der Waals surface area contributed by atoms with Gasteiger partial charge in [-0.05, 0) is 50.3 Å². The molecule has 4 N–H and O–H groups in total. The minimum absolute atomic E-state index is 0.0740. The van der Waals surface area contributed by atoms with E-state index in [0.29, 0.717) is 18.3 Å². The number of amides is 1. The van der Waals surface area contributed by atoms with E-state index in [1.54, 1.807) is 19.2 Å². The van der Waals surface area contributed by atoms with Crippen LogP contribution in [0.25, 0.3) is 0 Å². The highest BCUT2D eigenvalue weighted by atomic mass is 16.3. The van der Waals surface area contributed by atoms with Gasteiger partial charge in [0.2, 0.25) is 5.91 Å².